The van der Waals surface area contributed by atoms with Gasteiger partial charge in [0, 0.05) is 11.0 Å². The number of ether oxygens (including phenoxy) is 1. The normalized spacial score (nSPS) is 11.3. The highest BCUT2D eigenvalue weighted by Gasteiger charge is 2.18. The molecule has 0 aliphatic carbocycles. The van der Waals surface area contributed by atoms with Crippen LogP contribution in [-0.4, -0.2) is 27.5 Å². The minimum atomic E-state index is -3.79. The zero-order valence-corrected chi connectivity index (χ0v) is 12.6. The quantitative estimate of drug-likeness (QED) is 0.791. The number of carbonyl (C=O) groups excluding carboxylic acids is 1. The lowest BCUT2D eigenvalue weighted by atomic mass is 10.3. The van der Waals surface area contributed by atoms with E-state index in [0.29, 0.717) is 0 Å². The Labute approximate surface area is 119 Å². The topological polar surface area (TPSA) is 72.5 Å². The molecule has 8 heteroatoms. The highest BCUT2D eigenvalue weighted by atomic mass is 79.9. The SMILES string of the molecule is CCOC(=O)CCNS(=O)(=O)c1ccc(F)cc1Br. The molecule has 0 aromatic heterocycles. The van der Waals surface area contributed by atoms with Crippen LogP contribution in [-0.2, 0) is 19.6 Å². The summed E-state index contributed by atoms with van der Waals surface area (Å²) < 4.78 is 43.7. The van der Waals surface area contributed by atoms with E-state index in [9.17, 15) is 17.6 Å². The van der Waals surface area contributed by atoms with Crippen LogP contribution >= 0.6 is 15.9 Å². The lowest BCUT2D eigenvalue weighted by molar-refractivity contribution is -0.142. The number of hydrogen-bond donors (Lipinski definition) is 1. The van der Waals surface area contributed by atoms with Crippen molar-refractivity contribution in [1.29, 1.82) is 0 Å². The summed E-state index contributed by atoms with van der Waals surface area (Å²) in [6, 6.07) is 3.25. The number of carbonyl (C=O) groups is 1. The van der Waals surface area contributed by atoms with Gasteiger partial charge in [-0.05, 0) is 41.1 Å². The van der Waals surface area contributed by atoms with E-state index in [1.165, 1.54) is 0 Å². The van der Waals surface area contributed by atoms with Gasteiger partial charge in [-0.2, -0.15) is 0 Å². The number of halogens is 2. The Bertz CT molecular complexity index is 562. The molecule has 0 saturated carbocycles. The summed E-state index contributed by atoms with van der Waals surface area (Å²) in [6.45, 7) is 1.83. The van der Waals surface area contributed by atoms with Crippen LogP contribution in [0.2, 0.25) is 0 Å². The molecule has 0 atom stereocenters. The molecule has 1 N–H and O–H groups in total. The lowest BCUT2D eigenvalue weighted by Gasteiger charge is -2.08. The van der Waals surface area contributed by atoms with Gasteiger partial charge < -0.3 is 4.74 Å². The zero-order chi connectivity index (χ0) is 14.5. The van der Waals surface area contributed by atoms with Gasteiger partial charge in [0.15, 0.2) is 0 Å². The van der Waals surface area contributed by atoms with Crippen LogP contribution in [0.4, 0.5) is 4.39 Å². The maximum Gasteiger partial charge on any atom is 0.307 e. The van der Waals surface area contributed by atoms with Crippen molar-refractivity contribution in [3.05, 3.63) is 28.5 Å². The van der Waals surface area contributed by atoms with Crippen molar-refractivity contribution in [2.45, 2.75) is 18.2 Å². The molecule has 0 heterocycles. The van der Waals surface area contributed by atoms with Crippen molar-refractivity contribution in [2.24, 2.45) is 0 Å². The minimum Gasteiger partial charge on any atom is -0.466 e. The highest BCUT2D eigenvalue weighted by molar-refractivity contribution is 9.10. The fourth-order valence-corrected chi connectivity index (χ4v) is 3.37. The second-order valence-corrected chi connectivity index (χ2v) is 6.12. The van der Waals surface area contributed by atoms with Gasteiger partial charge in [0.1, 0.15) is 5.82 Å². The summed E-state index contributed by atoms with van der Waals surface area (Å²) in [6.07, 6.45) is -0.0636. The van der Waals surface area contributed by atoms with E-state index in [1.807, 2.05) is 0 Å². The number of hydrogen-bond acceptors (Lipinski definition) is 4. The van der Waals surface area contributed by atoms with Crippen LogP contribution in [0.25, 0.3) is 0 Å². The highest BCUT2D eigenvalue weighted by Crippen LogP contribution is 2.22. The second kappa shape index (κ2) is 6.97. The molecular formula is C11H13BrFNO4S. The van der Waals surface area contributed by atoms with Crippen LogP contribution in [0.15, 0.2) is 27.6 Å². The average Bonchev–Trinajstić information content (AvgIpc) is 2.28. The van der Waals surface area contributed by atoms with Crippen LogP contribution < -0.4 is 4.72 Å². The van der Waals surface area contributed by atoms with Crippen LogP contribution in [0.3, 0.4) is 0 Å². The van der Waals surface area contributed by atoms with Crippen LogP contribution in [0.5, 0.6) is 0 Å². The summed E-state index contributed by atoms with van der Waals surface area (Å²) in [5, 5.41) is 0. The molecule has 19 heavy (non-hydrogen) atoms. The lowest BCUT2D eigenvalue weighted by Crippen LogP contribution is -2.27. The summed E-state index contributed by atoms with van der Waals surface area (Å²) in [4.78, 5) is 11.0. The van der Waals surface area contributed by atoms with E-state index in [4.69, 9.17) is 0 Å². The van der Waals surface area contributed by atoms with Crippen molar-refractivity contribution in [3.8, 4) is 0 Å². The Morgan fingerprint density at radius 3 is 2.74 bits per heavy atom. The fraction of sp³-hybridized carbons (Fsp3) is 0.364. The maximum atomic E-state index is 12.9. The first-order chi connectivity index (χ1) is 8.86. The monoisotopic (exact) mass is 353 g/mol. The summed E-state index contributed by atoms with van der Waals surface area (Å²) in [5.41, 5.74) is 0. The standard InChI is InChI=1S/C11H13BrFNO4S/c1-2-18-11(15)5-6-14-19(16,17)10-4-3-8(13)7-9(10)12/h3-4,7,14H,2,5-6H2,1H3. The van der Waals surface area contributed by atoms with Gasteiger partial charge in [0.25, 0.3) is 0 Å². The van der Waals surface area contributed by atoms with Gasteiger partial charge in [-0.15, -0.1) is 0 Å². The fourth-order valence-electron chi connectivity index (χ4n) is 1.29. The van der Waals surface area contributed by atoms with Gasteiger partial charge in [-0.1, -0.05) is 0 Å². The van der Waals surface area contributed by atoms with Crippen LogP contribution in [0.1, 0.15) is 13.3 Å². The minimum absolute atomic E-state index is 0.0636. The van der Waals surface area contributed by atoms with E-state index in [-0.39, 0.29) is 28.9 Å². The molecule has 0 bridgehead atoms. The predicted octanol–water partition coefficient (Wildman–Crippen LogP) is 1.82. The number of rotatable bonds is 6. The van der Waals surface area contributed by atoms with E-state index >= 15 is 0 Å². The van der Waals surface area contributed by atoms with E-state index in [0.717, 1.165) is 18.2 Å². The Morgan fingerprint density at radius 2 is 2.16 bits per heavy atom. The molecule has 0 fully saturated rings. The average molecular weight is 354 g/mol. The van der Waals surface area contributed by atoms with E-state index < -0.39 is 21.8 Å². The Balaban J connectivity index is 2.68. The molecule has 0 unspecified atom stereocenters. The smallest absolute Gasteiger partial charge is 0.307 e. The molecule has 0 spiro atoms. The van der Waals surface area contributed by atoms with Crippen molar-refractivity contribution in [2.75, 3.05) is 13.2 Å². The summed E-state index contributed by atoms with van der Waals surface area (Å²) in [7, 11) is -3.79. The van der Waals surface area contributed by atoms with E-state index in [2.05, 4.69) is 25.4 Å². The first-order valence-electron chi connectivity index (χ1n) is 5.47. The number of sulfonamides is 1. The third-order valence-electron chi connectivity index (χ3n) is 2.11. The molecule has 0 amide bonds. The molecule has 0 saturated heterocycles. The number of esters is 1. The Kier molecular flexibility index (Phi) is 5.89. The molecule has 1 rings (SSSR count). The first-order valence-corrected chi connectivity index (χ1v) is 7.74. The van der Waals surface area contributed by atoms with Crippen molar-refractivity contribution < 1.29 is 22.3 Å². The molecule has 0 aliphatic heterocycles. The van der Waals surface area contributed by atoms with Crippen molar-refractivity contribution in [3.63, 3.8) is 0 Å². The summed E-state index contributed by atoms with van der Waals surface area (Å²) in [5.74, 6) is -1.03. The molecule has 1 aromatic rings. The maximum absolute atomic E-state index is 12.9. The zero-order valence-electron chi connectivity index (χ0n) is 10.2. The predicted molar refractivity (Wildman–Crippen MR) is 70.5 cm³/mol. The van der Waals surface area contributed by atoms with Gasteiger partial charge in [0.2, 0.25) is 10.0 Å². The second-order valence-electron chi connectivity index (χ2n) is 3.53. The van der Waals surface area contributed by atoms with E-state index in [1.54, 1.807) is 6.92 Å². The molecule has 1 aromatic carbocycles. The Hall–Kier alpha value is -0.990. The van der Waals surface area contributed by atoms with Gasteiger partial charge in [-0.25, -0.2) is 17.5 Å². The largest absolute Gasteiger partial charge is 0.466 e. The number of nitrogens with one attached hydrogen (secondary N) is 1. The van der Waals surface area contributed by atoms with Crippen LogP contribution in [0, 0.1) is 5.82 Å². The molecule has 5 nitrogen and oxygen atoms in total. The molecule has 0 radical (unpaired) electrons. The molecular weight excluding hydrogens is 341 g/mol. The van der Waals surface area contributed by atoms with Gasteiger partial charge in [0.05, 0.1) is 17.9 Å². The van der Waals surface area contributed by atoms with Crippen molar-refractivity contribution in [1.82, 2.24) is 4.72 Å². The third kappa shape index (κ3) is 4.88. The van der Waals surface area contributed by atoms with Gasteiger partial charge in [-0.3, -0.25) is 4.79 Å². The molecule has 0 aliphatic rings. The number of benzene rings is 1. The third-order valence-corrected chi connectivity index (χ3v) is 4.55. The first kappa shape index (κ1) is 16.1. The van der Waals surface area contributed by atoms with Gasteiger partial charge >= 0.3 is 5.97 Å². The molecule has 106 valence electrons. The van der Waals surface area contributed by atoms with Crippen molar-refractivity contribution >= 4 is 31.9 Å². The Morgan fingerprint density at radius 1 is 1.47 bits per heavy atom. The summed E-state index contributed by atoms with van der Waals surface area (Å²) >= 11 is 2.98.